The van der Waals surface area contributed by atoms with Crippen LogP contribution in [-0.2, 0) is 34.0 Å². The molecule has 0 bridgehead atoms. The Bertz CT molecular complexity index is 1680. The monoisotopic (exact) mass is 618 g/mol. The van der Waals surface area contributed by atoms with Crippen LogP contribution in [0.5, 0.6) is 23.1 Å². The first-order chi connectivity index (χ1) is 21.5. The van der Waals surface area contributed by atoms with Crippen LogP contribution >= 0.6 is 0 Å². The molecule has 2 aromatic heterocycles. The fourth-order valence-corrected chi connectivity index (χ4v) is 4.81. The molecule has 45 heavy (non-hydrogen) atoms. The molecule has 2 heterocycles. The van der Waals surface area contributed by atoms with Gasteiger partial charge in [-0.15, -0.1) is 0 Å². The van der Waals surface area contributed by atoms with Gasteiger partial charge in [-0.05, 0) is 62.9 Å². The number of ether oxygens (including phenoxy) is 5. The van der Waals surface area contributed by atoms with Crippen LogP contribution < -0.4 is 19.5 Å². The third-order valence-corrected chi connectivity index (χ3v) is 6.85. The van der Waals surface area contributed by atoms with E-state index in [1.54, 1.807) is 44.6 Å². The lowest BCUT2D eigenvalue weighted by Crippen LogP contribution is -2.37. The van der Waals surface area contributed by atoms with Gasteiger partial charge in [0.05, 0.1) is 44.1 Å². The van der Waals surface area contributed by atoms with Crippen molar-refractivity contribution in [3.8, 4) is 23.1 Å². The highest BCUT2D eigenvalue weighted by molar-refractivity contribution is 5.91. The molecule has 238 valence electrons. The Balaban J connectivity index is 1.27. The Labute approximate surface area is 261 Å². The van der Waals surface area contributed by atoms with Crippen molar-refractivity contribution in [1.82, 2.24) is 24.6 Å². The number of hydrogen-bond acceptors (Lipinski definition) is 10. The molecule has 0 saturated heterocycles. The Morgan fingerprint density at radius 2 is 1.73 bits per heavy atom. The Hall–Kier alpha value is -4.91. The molecule has 5 rings (SSSR count). The second-order valence-electron chi connectivity index (χ2n) is 11.7. The number of nitrogens with one attached hydrogen (secondary N) is 1. The number of carbonyl (C=O) groups is 2. The van der Waals surface area contributed by atoms with Gasteiger partial charge in [0.2, 0.25) is 11.8 Å². The summed E-state index contributed by atoms with van der Waals surface area (Å²) >= 11 is 0. The van der Waals surface area contributed by atoms with E-state index in [1.807, 2.05) is 39.0 Å². The predicted molar refractivity (Wildman–Crippen MR) is 166 cm³/mol. The van der Waals surface area contributed by atoms with E-state index in [2.05, 4.69) is 20.4 Å². The van der Waals surface area contributed by atoms with Gasteiger partial charge < -0.3 is 33.9 Å². The minimum absolute atomic E-state index is 0.0607. The summed E-state index contributed by atoms with van der Waals surface area (Å²) in [5, 5.41) is 7.85. The summed E-state index contributed by atoms with van der Waals surface area (Å²) in [6.07, 6.45) is 6.03. The van der Waals surface area contributed by atoms with Crippen LogP contribution in [0.1, 0.15) is 44.7 Å². The highest BCUT2D eigenvalue weighted by atomic mass is 16.6. The maximum Gasteiger partial charge on any atom is 0.410 e. The van der Waals surface area contributed by atoms with E-state index >= 15 is 0 Å². The molecule has 0 unspecified atom stereocenters. The topological polar surface area (TPSA) is 139 Å². The maximum atomic E-state index is 13.1. The molecule has 13 heteroatoms. The number of methoxy groups -OCH3 is 3. The van der Waals surface area contributed by atoms with Crippen LogP contribution in [0, 0.1) is 0 Å². The van der Waals surface area contributed by atoms with E-state index < -0.39 is 5.60 Å². The van der Waals surface area contributed by atoms with E-state index in [9.17, 15) is 9.59 Å². The summed E-state index contributed by atoms with van der Waals surface area (Å²) in [6, 6.07) is 9.30. The number of anilines is 1. The Morgan fingerprint density at radius 1 is 1.00 bits per heavy atom. The van der Waals surface area contributed by atoms with Gasteiger partial charge in [0.25, 0.3) is 0 Å². The fraction of sp³-hybridized carbons (Fsp3) is 0.406. The molecule has 1 aliphatic rings. The van der Waals surface area contributed by atoms with Gasteiger partial charge in [0, 0.05) is 31.5 Å². The van der Waals surface area contributed by atoms with Gasteiger partial charge in [-0.2, -0.15) is 5.10 Å². The molecule has 2 aromatic carbocycles. The first-order valence-electron chi connectivity index (χ1n) is 14.5. The summed E-state index contributed by atoms with van der Waals surface area (Å²) < 4.78 is 29.2. The molecule has 0 radical (unpaired) electrons. The van der Waals surface area contributed by atoms with Crippen LogP contribution in [0.25, 0.3) is 10.9 Å². The number of carbonyl (C=O) groups excluding carboxylic acids is 2. The number of hydrogen-bond donors (Lipinski definition) is 1. The minimum Gasteiger partial charge on any atom is -0.493 e. The third kappa shape index (κ3) is 8.18. The fourth-order valence-electron chi connectivity index (χ4n) is 4.81. The number of benzene rings is 2. The van der Waals surface area contributed by atoms with Crippen molar-refractivity contribution in [2.45, 2.75) is 65.0 Å². The summed E-state index contributed by atoms with van der Waals surface area (Å²) in [5.41, 5.74) is 2.34. The van der Waals surface area contributed by atoms with Crippen LogP contribution in [0.15, 0.2) is 49.1 Å². The van der Waals surface area contributed by atoms with Crippen molar-refractivity contribution < 1.29 is 33.3 Å². The van der Waals surface area contributed by atoms with Gasteiger partial charge in [0.15, 0.2) is 17.2 Å². The van der Waals surface area contributed by atoms with Crippen LogP contribution in [-0.4, -0.2) is 69.6 Å². The zero-order chi connectivity index (χ0) is 32.1. The van der Waals surface area contributed by atoms with Gasteiger partial charge >= 0.3 is 6.09 Å². The maximum absolute atomic E-state index is 13.1. The highest BCUT2D eigenvalue weighted by Crippen LogP contribution is 2.36. The van der Waals surface area contributed by atoms with Crippen molar-refractivity contribution in [3.05, 3.63) is 60.2 Å². The van der Waals surface area contributed by atoms with Crippen molar-refractivity contribution in [3.63, 3.8) is 0 Å². The lowest BCUT2D eigenvalue weighted by Gasteiger charge is -2.27. The molecule has 2 amide bonds. The van der Waals surface area contributed by atoms with E-state index in [0.717, 1.165) is 24.0 Å². The number of fused-ring (bicyclic) bond motifs is 1. The zero-order valence-electron chi connectivity index (χ0n) is 26.3. The molecular weight excluding hydrogens is 580 g/mol. The average Bonchev–Trinajstić information content (AvgIpc) is 3.73. The molecule has 13 nitrogen and oxygen atoms in total. The molecular formula is C32H38N6O7. The Kier molecular flexibility index (Phi) is 9.37. The highest BCUT2D eigenvalue weighted by Gasteiger charge is 2.35. The van der Waals surface area contributed by atoms with Crippen molar-refractivity contribution in [2.75, 3.05) is 26.6 Å². The van der Waals surface area contributed by atoms with Crippen LogP contribution in [0.3, 0.4) is 0 Å². The second kappa shape index (κ2) is 13.4. The van der Waals surface area contributed by atoms with E-state index in [-0.39, 0.29) is 24.6 Å². The zero-order valence-corrected chi connectivity index (χ0v) is 26.3. The summed E-state index contributed by atoms with van der Waals surface area (Å²) in [6.45, 7) is 6.20. The average molecular weight is 619 g/mol. The molecule has 0 atom stereocenters. The minimum atomic E-state index is -0.594. The van der Waals surface area contributed by atoms with Gasteiger partial charge in [-0.25, -0.2) is 14.8 Å². The van der Waals surface area contributed by atoms with Gasteiger partial charge in [0.1, 0.15) is 18.5 Å². The quantitative estimate of drug-likeness (QED) is 0.222. The standard InChI is InChI=1S/C32H38N6O7/c1-32(2,3)45-31(40)38(23-7-8-23)15-20-9-21(18-41-4)11-22(10-20)36-29(39)17-37-16-24(14-35-37)44-30-25-12-27(42-5)28(43-6)13-26(25)33-19-34-30/h9-14,16,19,23H,7-8,15,17-18H2,1-6H3,(H,36,39). The van der Waals surface area contributed by atoms with Crippen LogP contribution in [0.4, 0.5) is 10.5 Å². The van der Waals surface area contributed by atoms with Crippen molar-refractivity contribution in [1.29, 1.82) is 0 Å². The lowest BCUT2D eigenvalue weighted by atomic mass is 10.1. The Morgan fingerprint density at radius 3 is 2.42 bits per heavy atom. The largest absolute Gasteiger partial charge is 0.493 e. The first kappa shape index (κ1) is 31.5. The third-order valence-electron chi connectivity index (χ3n) is 6.85. The number of rotatable bonds is 12. The molecule has 1 N–H and O–H groups in total. The van der Waals surface area contributed by atoms with Gasteiger partial charge in [-0.1, -0.05) is 6.07 Å². The molecule has 0 spiro atoms. The van der Waals surface area contributed by atoms with E-state index in [1.165, 1.54) is 17.2 Å². The molecule has 0 aliphatic heterocycles. The number of amides is 2. The summed E-state index contributed by atoms with van der Waals surface area (Å²) in [4.78, 5) is 36.3. The van der Waals surface area contributed by atoms with Crippen LogP contribution in [0.2, 0.25) is 0 Å². The SMILES string of the molecule is COCc1cc(CN(C(=O)OC(C)(C)C)C2CC2)cc(NC(=O)Cn2cc(Oc3ncnc4cc(OC)c(OC)cc34)cn2)c1. The normalized spacial score (nSPS) is 12.9. The molecule has 1 saturated carbocycles. The van der Waals surface area contributed by atoms with E-state index in [4.69, 9.17) is 23.7 Å². The predicted octanol–water partition coefficient (Wildman–Crippen LogP) is 5.32. The number of nitrogens with zero attached hydrogens (tertiary/aromatic N) is 5. The lowest BCUT2D eigenvalue weighted by molar-refractivity contribution is -0.116. The van der Waals surface area contributed by atoms with Crippen molar-refractivity contribution >= 4 is 28.6 Å². The van der Waals surface area contributed by atoms with Crippen molar-refractivity contribution in [2.24, 2.45) is 0 Å². The molecule has 1 aliphatic carbocycles. The summed E-state index contributed by atoms with van der Waals surface area (Å²) in [5.74, 6) is 1.46. The smallest absolute Gasteiger partial charge is 0.410 e. The van der Waals surface area contributed by atoms with E-state index in [0.29, 0.717) is 52.9 Å². The summed E-state index contributed by atoms with van der Waals surface area (Å²) in [7, 11) is 4.71. The first-order valence-corrected chi connectivity index (χ1v) is 14.5. The number of aromatic nitrogens is 4. The molecule has 4 aromatic rings. The van der Waals surface area contributed by atoms with Gasteiger partial charge in [-0.3, -0.25) is 9.48 Å². The second-order valence-corrected chi connectivity index (χ2v) is 11.7. The molecule has 1 fully saturated rings.